The second-order valence-electron chi connectivity index (χ2n) is 37.2. The van der Waals surface area contributed by atoms with Crippen LogP contribution in [0.3, 0.4) is 0 Å². The Hall–Kier alpha value is -10.9. The second-order valence-corrected chi connectivity index (χ2v) is 37.2. The molecule has 0 saturated carbocycles. The molecule has 684 valence electrons. The number of hydrogen-bond acceptors (Lipinski definition) is 8. The third-order valence-corrected chi connectivity index (χ3v) is 29.4. The van der Waals surface area contributed by atoms with Gasteiger partial charge in [0.1, 0.15) is 23.1 Å². The number of aromatic nitrogens is 4. The Kier molecular flexibility index (Phi) is 26.9. The molecule has 134 heavy (non-hydrogen) atoms. The zero-order valence-electron chi connectivity index (χ0n) is 77.2. The first kappa shape index (κ1) is 94.8. The fourth-order valence-electron chi connectivity index (χ4n) is 22.6. The Morgan fingerprint density at radius 2 is 0.612 bits per heavy atom. The number of benzene rings is 12. The van der Waals surface area contributed by atoms with Gasteiger partial charge in [0.25, 0.3) is 0 Å². The van der Waals surface area contributed by atoms with Crippen molar-refractivity contribution in [2.75, 3.05) is 51.2 Å². The number of anilines is 2. The van der Waals surface area contributed by atoms with Crippen LogP contribution < -0.4 is 19.3 Å². The molecule has 12 aromatic carbocycles. The molecule has 0 radical (unpaired) electrons. The van der Waals surface area contributed by atoms with Gasteiger partial charge < -0.3 is 39.2 Å². The third kappa shape index (κ3) is 14.7. The Morgan fingerprint density at radius 1 is 0.313 bits per heavy atom. The summed E-state index contributed by atoms with van der Waals surface area (Å²) in [5.41, 5.74) is 40.3. The minimum Gasteiger partial charge on any atom is -0.493 e. The molecule has 14 heteroatoms. The monoisotopic (exact) mass is 2480 g/mol. The second kappa shape index (κ2) is 38.0. The number of hydrogen-bond donors (Lipinski definition) is 0. The molecule has 0 fully saturated rings. The summed E-state index contributed by atoms with van der Waals surface area (Å²) < 4.78 is 41.3. The van der Waals surface area contributed by atoms with Crippen LogP contribution in [0, 0.1) is 53.7 Å². The quantitative estimate of drug-likeness (QED) is 0.0886. The zero-order valence-corrected chi connectivity index (χ0v) is 86.3. The van der Waals surface area contributed by atoms with Crippen LogP contribution in [-0.2, 0) is 112 Å². The molecule has 0 amide bonds. The van der Waals surface area contributed by atoms with Crippen molar-refractivity contribution in [1.82, 2.24) is 19.9 Å². The predicted molar refractivity (Wildman–Crippen MR) is 522 cm³/mol. The minimum absolute atomic E-state index is 0. The van der Waals surface area contributed by atoms with Crippen molar-refractivity contribution in [1.29, 1.82) is 0 Å². The summed E-state index contributed by atoms with van der Waals surface area (Å²) in [6.45, 7) is 19.6. The van der Waals surface area contributed by atoms with Gasteiger partial charge in [-0.2, -0.15) is 0 Å². The molecule has 4 spiro atoms. The summed E-state index contributed by atoms with van der Waals surface area (Å²) in [5.74, 6) is 3.46. The molecule has 16 aromatic rings. The average molecular weight is 2480 g/mol. The smallest absolute Gasteiger partial charge is 0.123 e. The van der Waals surface area contributed by atoms with Gasteiger partial charge in [-0.25, -0.2) is 8.78 Å². The normalized spacial score (nSPS) is 16.0. The molecule has 0 saturated heterocycles. The molecule has 0 bridgehead atoms. The molecule has 8 aliphatic rings. The van der Waals surface area contributed by atoms with Gasteiger partial charge in [0.05, 0.1) is 13.2 Å². The van der Waals surface area contributed by atoms with Gasteiger partial charge in [-0.05, 0) is 256 Å². The predicted octanol–water partition coefficient (Wildman–Crippen LogP) is 27.6. The van der Waals surface area contributed by atoms with Gasteiger partial charge in [0.2, 0.25) is 0 Å². The maximum absolute atomic E-state index is 14.4. The Balaban J connectivity index is 0.000000124. The molecule has 5 unspecified atom stereocenters. The molecular weight excluding hydrogens is 2380 g/mol. The molecular formula is C120H104F2N6O2Pt4-4. The number of nitrogens with zero attached hydrogens (tertiary/aromatic N) is 6. The van der Waals surface area contributed by atoms with Crippen LogP contribution in [0.15, 0.2) is 292 Å². The number of rotatable bonds is 16. The van der Waals surface area contributed by atoms with E-state index < -0.39 is 10.8 Å². The first-order chi connectivity index (χ1) is 63.4. The summed E-state index contributed by atoms with van der Waals surface area (Å²) in [6.07, 6.45) is 14.4. The average Bonchev–Trinajstić information content (AvgIpc) is 1.53. The van der Waals surface area contributed by atoms with Gasteiger partial charge >= 0.3 is 0 Å². The van der Waals surface area contributed by atoms with Crippen LogP contribution in [0.25, 0.3) is 89.5 Å². The third-order valence-electron chi connectivity index (χ3n) is 29.4. The van der Waals surface area contributed by atoms with Gasteiger partial charge in [-0.15, -0.1) is 142 Å². The van der Waals surface area contributed by atoms with Crippen molar-refractivity contribution in [3.63, 3.8) is 0 Å². The summed E-state index contributed by atoms with van der Waals surface area (Å²) in [5, 5.41) is 0. The molecule has 24 rings (SSSR count). The van der Waals surface area contributed by atoms with Gasteiger partial charge in [-0.3, -0.25) is 0 Å². The van der Waals surface area contributed by atoms with Crippen molar-refractivity contribution >= 4 is 11.4 Å². The fourth-order valence-corrected chi connectivity index (χ4v) is 22.6. The summed E-state index contributed by atoms with van der Waals surface area (Å²) in [7, 11) is 8.41. The SMILES string of the molecule is CCC(C)COc1ccc2c(c1)C1(c3ccc[c-]c3-c3ncccc31)c1cc(OCC(C)CC)ccc1-2.CCCC(C)c1ccc2c(c1)C1(c3ccc[c-]c3-c3ncccc31)c1cc(CC(C)CC)ccc1-2.CN(C)c1ccc2c(c1)C1(c3ccc[c-]c3-c3ncccc31)c1cc(N(C)C)ccc1-2.Fc1ccc2c(c1)C1(c3ccc[c-]c3-c3ncccc31)c1cc(F)ccc1-2.[Pt].[Pt].[Pt].[Pt]. The van der Waals surface area contributed by atoms with Crippen LogP contribution in [0.1, 0.15) is 194 Å². The molecule has 5 atom stereocenters. The summed E-state index contributed by atoms with van der Waals surface area (Å²) in [6, 6.07) is 107. The van der Waals surface area contributed by atoms with E-state index in [0.29, 0.717) is 36.9 Å². The first-order valence-electron chi connectivity index (χ1n) is 46.4. The van der Waals surface area contributed by atoms with Crippen LogP contribution in [0.4, 0.5) is 20.2 Å². The van der Waals surface area contributed by atoms with E-state index in [1.54, 1.807) is 30.5 Å². The maximum atomic E-state index is 14.4. The van der Waals surface area contributed by atoms with Gasteiger partial charge in [0, 0.05) is 170 Å². The van der Waals surface area contributed by atoms with E-state index in [9.17, 15) is 8.78 Å². The molecule has 4 heterocycles. The zero-order chi connectivity index (χ0) is 89.2. The standard InChI is InChI=1S/C34H34NO2.C34H34N.C28H24N3.C24H12F2N.4Pt/c1-5-22(3)20-36-24-13-15-26-27-16-14-25(37-21-23(4)6-2)19-32(27)34(31(26)18-24)29-11-8-7-10-28(29)33-30(34)12-9-17-35-33;1-5-10-23(4)25-15-17-27-26-16-14-24(19-22(3)6-2)20-31(26)34(32(27)21-25)29-12-8-7-11-28(29)33-30(34)13-9-18-35-33;1-30(2)18-11-13-20-21-14-12-19(31(3)4)17-26(21)28(25(20)16-18)23-9-6-5-8-22(23)27-24(28)10-7-15-29-27;25-14-7-9-16-17-10-8-15(26)13-22(17)24(21(16)12-14)19-5-2-1-4-18(19)23-20(24)6-3-11-27-23;;;;/h7-9,11-19,22-23H,5-6,20-21H2,1-4H3;7-9,12-18,20-23H,5-6,10,19H2,1-4H3;5-7,9-17H,1-4H3;1-3,5-13H;;;;/q4*-1;;;;. The number of halogens is 2. The fraction of sp³-hybridized carbons (Fsp3) is 0.233. The van der Waals surface area contributed by atoms with Crippen molar-refractivity contribution in [3.05, 3.63) is 428 Å². The number of ether oxygens (including phenoxy) is 2. The van der Waals surface area contributed by atoms with Crippen molar-refractivity contribution < 1.29 is 103 Å². The van der Waals surface area contributed by atoms with Crippen LogP contribution in [0.2, 0.25) is 0 Å². The molecule has 8 nitrogen and oxygen atoms in total. The summed E-state index contributed by atoms with van der Waals surface area (Å²) in [4.78, 5) is 23.5. The van der Waals surface area contributed by atoms with E-state index in [0.717, 1.165) is 109 Å². The van der Waals surface area contributed by atoms with Crippen molar-refractivity contribution in [2.24, 2.45) is 17.8 Å². The van der Waals surface area contributed by atoms with Gasteiger partial charge in [0.15, 0.2) is 0 Å². The van der Waals surface area contributed by atoms with Crippen LogP contribution in [-0.4, -0.2) is 61.3 Å². The van der Waals surface area contributed by atoms with Gasteiger partial charge in [-0.1, -0.05) is 200 Å². The Bertz CT molecular complexity index is 6850. The largest absolute Gasteiger partial charge is 0.493 e. The molecule has 4 aromatic heterocycles. The van der Waals surface area contributed by atoms with E-state index in [1.807, 2.05) is 67.1 Å². The minimum atomic E-state index is -0.772. The van der Waals surface area contributed by atoms with Crippen LogP contribution >= 0.6 is 0 Å². The van der Waals surface area contributed by atoms with E-state index in [4.69, 9.17) is 24.4 Å². The number of pyridine rings is 4. The molecule has 8 aliphatic carbocycles. The Morgan fingerprint density at radius 3 is 0.955 bits per heavy atom. The van der Waals surface area contributed by atoms with Crippen molar-refractivity contribution in [3.8, 4) is 101 Å². The molecule has 0 aliphatic heterocycles. The van der Waals surface area contributed by atoms with E-state index >= 15 is 0 Å². The topological polar surface area (TPSA) is 76.5 Å². The van der Waals surface area contributed by atoms with E-state index in [1.165, 1.54) is 154 Å². The van der Waals surface area contributed by atoms with Crippen LogP contribution in [0.5, 0.6) is 11.5 Å². The number of fused-ring (bicyclic) bond motifs is 40. The molecule has 0 N–H and O–H groups in total. The van der Waals surface area contributed by atoms with E-state index in [2.05, 4.69) is 305 Å². The van der Waals surface area contributed by atoms with Crippen molar-refractivity contribution in [2.45, 2.75) is 121 Å². The maximum Gasteiger partial charge on any atom is 0.123 e. The van der Waals surface area contributed by atoms with E-state index in [-0.39, 0.29) is 107 Å². The summed E-state index contributed by atoms with van der Waals surface area (Å²) >= 11 is 0. The Labute approximate surface area is 845 Å². The first-order valence-corrected chi connectivity index (χ1v) is 46.4.